The van der Waals surface area contributed by atoms with Gasteiger partial charge < -0.3 is 9.84 Å². The number of unbranched alkanes of at least 4 members (excludes halogenated alkanes) is 1. The van der Waals surface area contributed by atoms with Gasteiger partial charge in [0.2, 0.25) is 10.0 Å². The first-order valence-corrected chi connectivity index (χ1v) is 13.2. The molecule has 0 saturated heterocycles. The van der Waals surface area contributed by atoms with E-state index in [1.165, 1.54) is 4.31 Å². The fourth-order valence-electron chi connectivity index (χ4n) is 3.98. The van der Waals surface area contributed by atoms with Crippen molar-refractivity contribution in [2.24, 2.45) is 5.92 Å². The second-order valence-electron chi connectivity index (χ2n) is 9.01. The van der Waals surface area contributed by atoms with Gasteiger partial charge in [0.1, 0.15) is 16.7 Å². The second-order valence-corrected chi connectivity index (χ2v) is 10.9. The molecule has 3 rings (SSSR count). The molecule has 0 amide bonds. The molecule has 3 atom stereocenters. The third-order valence-electron chi connectivity index (χ3n) is 5.97. The summed E-state index contributed by atoms with van der Waals surface area (Å²) in [6.45, 7) is 7.12. The minimum Gasteiger partial charge on any atom is -0.487 e. The van der Waals surface area contributed by atoms with Gasteiger partial charge >= 0.3 is 0 Å². The van der Waals surface area contributed by atoms with Crippen molar-refractivity contribution in [3.63, 3.8) is 0 Å². The monoisotopic (exact) mass is 485 g/mol. The predicted molar refractivity (Wildman–Crippen MR) is 133 cm³/mol. The van der Waals surface area contributed by atoms with Crippen LogP contribution in [0.15, 0.2) is 47.6 Å². The van der Waals surface area contributed by atoms with Gasteiger partial charge in [-0.15, -0.1) is 0 Å². The summed E-state index contributed by atoms with van der Waals surface area (Å²) in [5, 5.41) is 9.79. The van der Waals surface area contributed by atoms with Crippen LogP contribution in [0.1, 0.15) is 44.7 Å². The third kappa shape index (κ3) is 6.36. The Morgan fingerprint density at radius 2 is 2.03 bits per heavy atom. The van der Waals surface area contributed by atoms with E-state index in [4.69, 9.17) is 4.74 Å². The third-order valence-corrected chi connectivity index (χ3v) is 7.99. The molecule has 1 aromatic carbocycles. The Labute approximate surface area is 203 Å². The molecule has 1 aliphatic heterocycles. The number of ether oxygens (including phenoxy) is 1. The van der Waals surface area contributed by atoms with Crippen LogP contribution in [0.5, 0.6) is 5.75 Å². The summed E-state index contributed by atoms with van der Waals surface area (Å²) in [6, 6.07) is 8.44. The number of aliphatic hydroxyl groups excluding tert-OH is 1. The molecule has 0 bridgehead atoms. The second kappa shape index (κ2) is 11.8. The SMILES string of the molecule is CCCC#Cc1ccc2c(c1)O[C@@H](CN(C)Cc1ccncc1)[C@@H](C)CN([C@@H](C)CO)S2(=O)=O. The van der Waals surface area contributed by atoms with E-state index in [-0.39, 0.29) is 30.1 Å². The van der Waals surface area contributed by atoms with Crippen molar-refractivity contribution >= 4 is 10.0 Å². The maximum absolute atomic E-state index is 13.5. The molecule has 0 radical (unpaired) electrons. The maximum Gasteiger partial charge on any atom is 0.247 e. The number of nitrogens with zero attached hydrogens (tertiary/aromatic N) is 3. The van der Waals surface area contributed by atoms with Gasteiger partial charge in [0.25, 0.3) is 0 Å². The summed E-state index contributed by atoms with van der Waals surface area (Å²) in [5.74, 6) is 6.43. The molecule has 2 heterocycles. The number of benzene rings is 1. The van der Waals surface area contributed by atoms with Crippen LogP contribution in [0.3, 0.4) is 0 Å². The van der Waals surface area contributed by atoms with Crippen molar-refractivity contribution in [3.8, 4) is 17.6 Å². The zero-order valence-corrected chi connectivity index (χ0v) is 21.3. The van der Waals surface area contributed by atoms with Crippen LogP contribution < -0.4 is 4.74 Å². The van der Waals surface area contributed by atoms with Crippen molar-refractivity contribution < 1.29 is 18.3 Å². The van der Waals surface area contributed by atoms with E-state index in [0.29, 0.717) is 12.3 Å². The molecule has 1 N–H and O–H groups in total. The van der Waals surface area contributed by atoms with E-state index in [0.717, 1.165) is 30.5 Å². The highest BCUT2D eigenvalue weighted by Crippen LogP contribution is 2.34. The topological polar surface area (TPSA) is 83.0 Å². The maximum atomic E-state index is 13.5. The fourth-order valence-corrected chi connectivity index (χ4v) is 5.81. The molecule has 0 fully saturated rings. The van der Waals surface area contributed by atoms with E-state index >= 15 is 0 Å². The number of likely N-dealkylation sites (N-methyl/N-ethyl adjacent to an activating group) is 1. The van der Waals surface area contributed by atoms with E-state index < -0.39 is 16.1 Å². The molecule has 0 saturated carbocycles. The lowest BCUT2D eigenvalue weighted by Gasteiger charge is -2.37. The highest BCUT2D eigenvalue weighted by molar-refractivity contribution is 7.89. The van der Waals surface area contributed by atoms with Crippen molar-refractivity contribution in [1.29, 1.82) is 0 Å². The first-order valence-electron chi connectivity index (χ1n) is 11.8. The molecule has 34 heavy (non-hydrogen) atoms. The van der Waals surface area contributed by atoms with E-state index in [1.54, 1.807) is 37.5 Å². The van der Waals surface area contributed by atoms with Gasteiger partial charge in [-0.05, 0) is 56.3 Å². The molecule has 1 aliphatic rings. The number of hydrogen-bond acceptors (Lipinski definition) is 6. The zero-order valence-electron chi connectivity index (χ0n) is 20.4. The van der Waals surface area contributed by atoms with Gasteiger partial charge in [-0.25, -0.2) is 8.42 Å². The molecule has 0 spiro atoms. The minimum atomic E-state index is -3.85. The van der Waals surface area contributed by atoms with Crippen LogP contribution in [0.25, 0.3) is 0 Å². The first kappa shape index (κ1) is 26.2. The number of aromatic nitrogens is 1. The molecule has 1 aromatic heterocycles. The Kier molecular flexibility index (Phi) is 9.09. The van der Waals surface area contributed by atoms with E-state index in [2.05, 4.69) is 28.6 Å². The largest absolute Gasteiger partial charge is 0.487 e. The Hall–Kier alpha value is -2.44. The van der Waals surface area contributed by atoms with Gasteiger partial charge in [0.15, 0.2) is 0 Å². The number of rotatable bonds is 7. The van der Waals surface area contributed by atoms with Gasteiger partial charge in [-0.3, -0.25) is 9.88 Å². The van der Waals surface area contributed by atoms with Gasteiger partial charge in [-0.2, -0.15) is 4.31 Å². The van der Waals surface area contributed by atoms with Crippen LogP contribution in [0.2, 0.25) is 0 Å². The lowest BCUT2D eigenvalue weighted by atomic mass is 10.0. The van der Waals surface area contributed by atoms with E-state index in [1.807, 2.05) is 26.1 Å². The summed E-state index contributed by atoms with van der Waals surface area (Å²) in [7, 11) is -1.83. The highest BCUT2D eigenvalue weighted by Gasteiger charge is 2.38. The van der Waals surface area contributed by atoms with Crippen LogP contribution >= 0.6 is 0 Å². The first-order chi connectivity index (χ1) is 16.3. The smallest absolute Gasteiger partial charge is 0.247 e. The molecule has 2 aromatic rings. The number of fused-ring (bicyclic) bond motifs is 1. The van der Waals surface area contributed by atoms with Crippen LogP contribution in [-0.2, 0) is 16.6 Å². The highest BCUT2D eigenvalue weighted by atomic mass is 32.2. The van der Waals surface area contributed by atoms with Crippen molar-refractivity contribution in [1.82, 2.24) is 14.2 Å². The average Bonchev–Trinajstić information content (AvgIpc) is 2.81. The zero-order chi connectivity index (χ0) is 24.7. The summed E-state index contributed by atoms with van der Waals surface area (Å²) < 4.78 is 34.9. The van der Waals surface area contributed by atoms with Crippen molar-refractivity contribution in [2.45, 2.75) is 57.2 Å². The Morgan fingerprint density at radius 3 is 2.71 bits per heavy atom. The van der Waals surface area contributed by atoms with Crippen LogP contribution in [0.4, 0.5) is 0 Å². The van der Waals surface area contributed by atoms with Crippen molar-refractivity contribution in [3.05, 3.63) is 53.9 Å². The molecule has 0 unspecified atom stereocenters. The van der Waals surface area contributed by atoms with Gasteiger partial charge in [-0.1, -0.05) is 25.7 Å². The standard InChI is InChI=1S/C26H35N3O4S/c1-5-6-7-8-22-9-10-26-24(15-22)33-25(18-28(4)17-23-11-13-27-14-12-23)20(2)16-29(21(3)19-30)34(26,31)32/h9-15,20-21,25,30H,5-6,16-19H2,1-4H3/t20-,21-,25-/m0/s1. The Balaban J connectivity index is 1.97. The number of aliphatic hydroxyl groups is 1. The number of sulfonamides is 1. The Morgan fingerprint density at radius 1 is 1.29 bits per heavy atom. The number of pyridine rings is 1. The summed E-state index contributed by atoms with van der Waals surface area (Å²) in [5.41, 5.74) is 1.87. The quantitative estimate of drug-likeness (QED) is 0.607. The molecule has 8 heteroatoms. The summed E-state index contributed by atoms with van der Waals surface area (Å²) in [4.78, 5) is 6.35. The van der Waals surface area contributed by atoms with Crippen LogP contribution in [-0.4, -0.2) is 66.6 Å². The van der Waals surface area contributed by atoms with Gasteiger partial charge in [0.05, 0.1) is 6.61 Å². The lowest BCUT2D eigenvalue weighted by Crippen LogP contribution is -2.49. The lowest BCUT2D eigenvalue weighted by molar-refractivity contribution is 0.0733. The number of hydrogen-bond donors (Lipinski definition) is 1. The minimum absolute atomic E-state index is 0.105. The fraction of sp³-hybridized carbons (Fsp3) is 0.500. The molecular formula is C26H35N3O4S. The molecule has 0 aliphatic carbocycles. The predicted octanol–water partition coefficient (Wildman–Crippen LogP) is 3.13. The Bertz CT molecular complexity index is 1110. The summed E-state index contributed by atoms with van der Waals surface area (Å²) >= 11 is 0. The molecule has 184 valence electrons. The molecule has 7 nitrogen and oxygen atoms in total. The normalized spacial score (nSPS) is 20.9. The van der Waals surface area contributed by atoms with Crippen molar-refractivity contribution in [2.75, 3.05) is 26.7 Å². The van der Waals surface area contributed by atoms with Crippen LogP contribution in [0, 0.1) is 17.8 Å². The molecular weight excluding hydrogens is 450 g/mol. The average molecular weight is 486 g/mol. The summed E-state index contributed by atoms with van der Waals surface area (Å²) in [6.07, 6.45) is 5.02. The van der Waals surface area contributed by atoms with Gasteiger partial charge in [0, 0.05) is 56.0 Å². The van der Waals surface area contributed by atoms with E-state index in [9.17, 15) is 13.5 Å².